The Morgan fingerprint density at radius 3 is 2.26 bits per heavy atom. The number of fused-ring (bicyclic) bond motifs is 1. The maximum atomic E-state index is 13.4. The topological polar surface area (TPSA) is 73.0 Å². The maximum Gasteiger partial charge on any atom is 0.295 e. The van der Waals surface area contributed by atoms with Crippen molar-refractivity contribution in [2.45, 2.75) is 46.1 Å². The van der Waals surface area contributed by atoms with Gasteiger partial charge in [-0.3, -0.25) is 9.59 Å². The summed E-state index contributed by atoms with van der Waals surface area (Å²) in [6.45, 7) is 6.99. The highest BCUT2D eigenvalue weighted by Crippen LogP contribution is 2.25. The number of aryl methyl sites for hydroxylation is 2. The number of rotatable bonds is 5. The van der Waals surface area contributed by atoms with E-state index in [1.54, 1.807) is 11.6 Å². The molecule has 1 aliphatic heterocycles. The molecule has 1 saturated heterocycles. The third-order valence-electron chi connectivity index (χ3n) is 7.16. The third kappa shape index (κ3) is 4.38. The first-order chi connectivity index (χ1) is 16.9. The van der Waals surface area contributed by atoms with Crippen molar-refractivity contribution in [2.75, 3.05) is 13.1 Å². The number of carbonyl (C=O) groups excluding carboxylic acids is 1. The van der Waals surface area contributed by atoms with Crippen LogP contribution >= 0.6 is 0 Å². The Morgan fingerprint density at radius 2 is 1.60 bits per heavy atom. The van der Waals surface area contributed by atoms with Gasteiger partial charge in [0.1, 0.15) is 6.04 Å². The first-order valence-electron chi connectivity index (χ1n) is 12.3. The minimum Gasteiger partial charge on any atom is -0.341 e. The van der Waals surface area contributed by atoms with Gasteiger partial charge in [0.2, 0.25) is 5.91 Å². The monoisotopic (exact) mass is 469 g/mol. The lowest BCUT2D eigenvalue weighted by Gasteiger charge is -2.33. The van der Waals surface area contributed by atoms with Crippen LogP contribution in [-0.4, -0.2) is 43.5 Å². The standard InChI is InChI=1S/C28H31N5O2/c1-19-25-20(2)32(24-12-8-5-9-13-24)30-26(25)28(35)33(29-19)21(3)27(34)31-16-14-23(15-17-31)18-22-10-6-4-7-11-22/h4-13,21,23H,14-18H2,1-3H3. The summed E-state index contributed by atoms with van der Waals surface area (Å²) in [7, 11) is 0. The lowest BCUT2D eigenvalue weighted by atomic mass is 9.90. The van der Waals surface area contributed by atoms with Crippen LogP contribution in [0.4, 0.5) is 0 Å². The van der Waals surface area contributed by atoms with Crippen molar-refractivity contribution in [1.29, 1.82) is 0 Å². The lowest BCUT2D eigenvalue weighted by Crippen LogP contribution is -2.44. The van der Waals surface area contributed by atoms with Crippen molar-refractivity contribution < 1.29 is 4.79 Å². The summed E-state index contributed by atoms with van der Waals surface area (Å²) in [4.78, 5) is 28.7. The third-order valence-corrected chi connectivity index (χ3v) is 7.16. The van der Waals surface area contributed by atoms with E-state index in [9.17, 15) is 9.59 Å². The van der Waals surface area contributed by atoms with Gasteiger partial charge in [0.05, 0.1) is 22.5 Å². The Kier molecular flexibility index (Phi) is 6.24. The Morgan fingerprint density at radius 1 is 0.971 bits per heavy atom. The van der Waals surface area contributed by atoms with Crippen molar-refractivity contribution in [2.24, 2.45) is 5.92 Å². The molecule has 35 heavy (non-hydrogen) atoms. The van der Waals surface area contributed by atoms with Gasteiger partial charge in [-0.2, -0.15) is 10.2 Å². The molecule has 2 aromatic carbocycles. The quantitative estimate of drug-likeness (QED) is 0.438. The van der Waals surface area contributed by atoms with E-state index < -0.39 is 6.04 Å². The van der Waals surface area contributed by atoms with E-state index in [-0.39, 0.29) is 11.5 Å². The molecule has 0 radical (unpaired) electrons. The molecule has 7 heteroatoms. The number of aromatic nitrogens is 4. The summed E-state index contributed by atoms with van der Waals surface area (Å²) in [6.07, 6.45) is 2.97. The van der Waals surface area contributed by atoms with Crippen LogP contribution in [0.1, 0.15) is 42.8 Å². The van der Waals surface area contributed by atoms with Gasteiger partial charge in [-0.25, -0.2) is 9.36 Å². The first kappa shape index (κ1) is 23.0. The van der Waals surface area contributed by atoms with Crippen LogP contribution in [0, 0.1) is 19.8 Å². The largest absolute Gasteiger partial charge is 0.341 e. The predicted molar refractivity (Wildman–Crippen MR) is 137 cm³/mol. The molecule has 180 valence electrons. The minimum atomic E-state index is -0.682. The number of para-hydroxylation sites is 1. The number of piperidine rings is 1. The van der Waals surface area contributed by atoms with E-state index in [1.165, 1.54) is 10.2 Å². The Balaban J connectivity index is 1.36. The van der Waals surface area contributed by atoms with E-state index in [2.05, 4.69) is 34.5 Å². The van der Waals surface area contributed by atoms with Crippen molar-refractivity contribution in [3.05, 3.63) is 88.0 Å². The zero-order valence-electron chi connectivity index (χ0n) is 20.5. The van der Waals surface area contributed by atoms with Crippen molar-refractivity contribution in [3.8, 4) is 5.69 Å². The maximum absolute atomic E-state index is 13.4. The normalized spacial score (nSPS) is 15.5. The van der Waals surface area contributed by atoms with Crippen molar-refractivity contribution >= 4 is 16.8 Å². The van der Waals surface area contributed by atoms with Crippen LogP contribution < -0.4 is 5.56 Å². The SMILES string of the molecule is Cc1nn(C(C)C(=O)N2CCC(Cc3ccccc3)CC2)c(=O)c2nn(-c3ccccc3)c(C)c12. The van der Waals surface area contributed by atoms with Crippen molar-refractivity contribution in [1.82, 2.24) is 24.5 Å². The van der Waals surface area contributed by atoms with E-state index >= 15 is 0 Å². The highest BCUT2D eigenvalue weighted by atomic mass is 16.2. The molecule has 3 heterocycles. The molecule has 7 nitrogen and oxygen atoms in total. The van der Waals surface area contributed by atoms with Gasteiger partial charge in [0.25, 0.3) is 5.56 Å². The van der Waals surface area contributed by atoms with E-state index in [0.29, 0.717) is 30.2 Å². The molecule has 0 aliphatic carbocycles. The molecule has 0 saturated carbocycles. The Labute approximate surface area is 205 Å². The van der Waals surface area contributed by atoms with Gasteiger partial charge < -0.3 is 4.90 Å². The zero-order valence-corrected chi connectivity index (χ0v) is 20.5. The van der Waals surface area contributed by atoms with Crippen LogP contribution in [0.15, 0.2) is 65.5 Å². The summed E-state index contributed by atoms with van der Waals surface area (Å²) in [5, 5.41) is 9.93. The highest BCUT2D eigenvalue weighted by Gasteiger charge is 2.29. The fourth-order valence-corrected chi connectivity index (χ4v) is 5.21. The van der Waals surface area contributed by atoms with Gasteiger partial charge in [0, 0.05) is 13.1 Å². The molecule has 1 amide bonds. The average molecular weight is 470 g/mol. The summed E-state index contributed by atoms with van der Waals surface area (Å²) >= 11 is 0. The smallest absolute Gasteiger partial charge is 0.295 e. The number of likely N-dealkylation sites (tertiary alicyclic amines) is 1. The zero-order chi connectivity index (χ0) is 24.5. The number of nitrogens with zero attached hydrogens (tertiary/aromatic N) is 5. The van der Waals surface area contributed by atoms with Gasteiger partial charge in [-0.15, -0.1) is 0 Å². The van der Waals surface area contributed by atoms with Crippen LogP contribution in [0.5, 0.6) is 0 Å². The van der Waals surface area contributed by atoms with E-state index in [1.807, 2.05) is 55.1 Å². The molecular formula is C28H31N5O2. The predicted octanol–water partition coefficient (Wildman–Crippen LogP) is 4.24. The van der Waals surface area contributed by atoms with Gasteiger partial charge in [0.15, 0.2) is 5.52 Å². The van der Waals surface area contributed by atoms with Gasteiger partial charge in [-0.05, 0) is 63.6 Å². The van der Waals surface area contributed by atoms with Crippen LogP contribution in [-0.2, 0) is 11.2 Å². The summed E-state index contributed by atoms with van der Waals surface area (Å²) in [5.74, 6) is 0.511. The minimum absolute atomic E-state index is 0.0595. The molecule has 0 N–H and O–H groups in total. The number of carbonyl (C=O) groups is 1. The molecule has 0 spiro atoms. The number of amides is 1. The number of hydrogen-bond donors (Lipinski definition) is 0. The second-order valence-corrected chi connectivity index (χ2v) is 9.53. The molecule has 1 fully saturated rings. The summed E-state index contributed by atoms with van der Waals surface area (Å²) in [6, 6.07) is 19.6. The highest BCUT2D eigenvalue weighted by molar-refractivity contribution is 5.84. The molecule has 1 aliphatic rings. The second-order valence-electron chi connectivity index (χ2n) is 9.53. The summed E-state index contributed by atoms with van der Waals surface area (Å²) in [5.41, 5.74) is 3.80. The fraction of sp³-hybridized carbons (Fsp3) is 0.357. The number of benzene rings is 2. The van der Waals surface area contributed by atoms with Gasteiger partial charge >= 0.3 is 0 Å². The molecule has 5 rings (SSSR count). The lowest BCUT2D eigenvalue weighted by molar-refractivity contribution is -0.136. The van der Waals surface area contributed by atoms with Crippen LogP contribution in [0.3, 0.4) is 0 Å². The molecule has 0 bridgehead atoms. The Hall–Kier alpha value is -3.74. The Bertz CT molecular complexity index is 1400. The van der Waals surface area contributed by atoms with Gasteiger partial charge in [-0.1, -0.05) is 48.5 Å². The molecule has 2 aromatic heterocycles. The van der Waals surface area contributed by atoms with Crippen LogP contribution in [0.2, 0.25) is 0 Å². The van der Waals surface area contributed by atoms with E-state index in [0.717, 1.165) is 36.0 Å². The van der Waals surface area contributed by atoms with E-state index in [4.69, 9.17) is 0 Å². The van der Waals surface area contributed by atoms with Crippen LogP contribution in [0.25, 0.3) is 16.6 Å². The fourth-order valence-electron chi connectivity index (χ4n) is 5.21. The molecule has 4 aromatic rings. The average Bonchev–Trinajstić information content (AvgIpc) is 3.25. The molecule has 1 unspecified atom stereocenters. The van der Waals surface area contributed by atoms with Crippen molar-refractivity contribution in [3.63, 3.8) is 0 Å². The molecule has 1 atom stereocenters. The number of hydrogen-bond acceptors (Lipinski definition) is 4. The molecular weight excluding hydrogens is 438 g/mol. The second kappa shape index (κ2) is 9.49. The summed E-state index contributed by atoms with van der Waals surface area (Å²) < 4.78 is 3.09. The first-order valence-corrected chi connectivity index (χ1v) is 12.3.